The highest BCUT2D eigenvalue weighted by molar-refractivity contribution is 6.17. The lowest BCUT2D eigenvalue weighted by Crippen LogP contribution is -2.00. The van der Waals surface area contributed by atoms with E-state index in [-0.39, 0.29) is 0 Å². The van der Waals surface area contributed by atoms with Gasteiger partial charge in [0.2, 0.25) is 0 Å². The number of aromatic nitrogens is 2. The van der Waals surface area contributed by atoms with Gasteiger partial charge in [-0.25, -0.2) is 4.98 Å². The number of aryl methyl sites for hydroxylation is 2. The Morgan fingerprint density at radius 2 is 1.95 bits per heavy atom. The summed E-state index contributed by atoms with van der Waals surface area (Å²) in [5.74, 6) is 2.10. The van der Waals surface area contributed by atoms with Crippen molar-refractivity contribution in [1.82, 2.24) is 9.55 Å². The molecule has 0 fully saturated rings. The van der Waals surface area contributed by atoms with Gasteiger partial charge in [0.25, 0.3) is 0 Å². The third-order valence-corrected chi connectivity index (χ3v) is 3.87. The standard InChI is InChI=1S/C17H17ClN2O/c1-11-4-6-14-15(8-11)20(17(10-18)19-14)13-5-7-16(21-3)12(2)9-13/h4-9H,10H2,1-3H3. The minimum atomic E-state index is 0.374. The van der Waals surface area contributed by atoms with Crippen molar-refractivity contribution in [2.75, 3.05) is 7.11 Å². The Labute approximate surface area is 129 Å². The molecule has 0 unspecified atom stereocenters. The van der Waals surface area contributed by atoms with Crippen molar-refractivity contribution in [3.05, 3.63) is 53.3 Å². The summed E-state index contributed by atoms with van der Waals surface area (Å²) in [6, 6.07) is 12.3. The predicted octanol–water partition coefficient (Wildman–Crippen LogP) is 4.39. The van der Waals surface area contributed by atoms with E-state index in [9.17, 15) is 0 Å². The smallest absolute Gasteiger partial charge is 0.129 e. The van der Waals surface area contributed by atoms with Crippen molar-refractivity contribution in [2.24, 2.45) is 0 Å². The molecule has 1 heterocycles. The van der Waals surface area contributed by atoms with Gasteiger partial charge in [0, 0.05) is 5.69 Å². The maximum Gasteiger partial charge on any atom is 0.129 e. The van der Waals surface area contributed by atoms with Gasteiger partial charge in [-0.05, 0) is 55.3 Å². The van der Waals surface area contributed by atoms with Crippen molar-refractivity contribution in [2.45, 2.75) is 19.7 Å². The molecule has 0 aliphatic rings. The van der Waals surface area contributed by atoms with Crippen LogP contribution in [0.1, 0.15) is 17.0 Å². The van der Waals surface area contributed by atoms with Gasteiger partial charge in [0.15, 0.2) is 0 Å². The van der Waals surface area contributed by atoms with Crippen molar-refractivity contribution in [3.63, 3.8) is 0 Å². The first kappa shape index (κ1) is 14.0. The lowest BCUT2D eigenvalue weighted by molar-refractivity contribution is 0.411. The third-order valence-electron chi connectivity index (χ3n) is 3.64. The Morgan fingerprint density at radius 3 is 2.62 bits per heavy atom. The van der Waals surface area contributed by atoms with Crippen LogP contribution in [-0.4, -0.2) is 16.7 Å². The maximum absolute atomic E-state index is 6.08. The van der Waals surface area contributed by atoms with Crippen molar-refractivity contribution < 1.29 is 4.74 Å². The lowest BCUT2D eigenvalue weighted by Gasteiger charge is -2.11. The summed E-state index contributed by atoms with van der Waals surface area (Å²) in [6.07, 6.45) is 0. The second-order valence-electron chi connectivity index (χ2n) is 5.14. The Morgan fingerprint density at radius 1 is 1.14 bits per heavy atom. The summed E-state index contributed by atoms with van der Waals surface area (Å²) < 4.78 is 7.44. The number of halogens is 1. The SMILES string of the molecule is COc1ccc(-n2c(CCl)nc3ccc(C)cc32)cc1C. The van der Waals surface area contributed by atoms with Crippen molar-refractivity contribution >= 4 is 22.6 Å². The van der Waals surface area contributed by atoms with E-state index in [1.54, 1.807) is 7.11 Å². The van der Waals surface area contributed by atoms with Gasteiger partial charge >= 0.3 is 0 Å². The van der Waals surface area contributed by atoms with E-state index in [1.165, 1.54) is 5.56 Å². The van der Waals surface area contributed by atoms with Gasteiger partial charge in [-0.15, -0.1) is 11.6 Å². The van der Waals surface area contributed by atoms with Crippen LogP contribution >= 0.6 is 11.6 Å². The average molecular weight is 301 g/mol. The first-order chi connectivity index (χ1) is 10.1. The quantitative estimate of drug-likeness (QED) is 0.671. The third kappa shape index (κ3) is 2.38. The zero-order valence-electron chi connectivity index (χ0n) is 12.4. The van der Waals surface area contributed by atoms with Crippen molar-refractivity contribution in [3.8, 4) is 11.4 Å². The fourth-order valence-electron chi connectivity index (χ4n) is 2.61. The monoisotopic (exact) mass is 300 g/mol. The zero-order chi connectivity index (χ0) is 15.0. The molecule has 3 nitrogen and oxygen atoms in total. The van der Waals surface area contributed by atoms with Crippen LogP contribution in [-0.2, 0) is 5.88 Å². The molecule has 3 aromatic rings. The molecule has 2 aromatic carbocycles. The zero-order valence-corrected chi connectivity index (χ0v) is 13.1. The number of imidazole rings is 1. The molecule has 4 heteroatoms. The molecule has 0 spiro atoms. The Hall–Kier alpha value is -2.00. The number of hydrogen-bond acceptors (Lipinski definition) is 2. The van der Waals surface area contributed by atoms with E-state index >= 15 is 0 Å². The largest absolute Gasteiger partial charge is 0.496 e. The molecule has 0 aliphatic heterocycles. The summed E-state index contributed by atoms with van der Waals surface area (Å²) in [6.45, 7) is 4.11. The first-order valence-corrected chi connectivity index (χ1v) is 7.36. The Kier molecular flexibility index (Phi) is 3.60. The van der Waals surface area contributed by atoms with Gasteiger partial charge in [0.05, 0.1) is 24.0 Å². The number of nitrogens with zero attached hydrogens (tertiary/aromatic N) is 2. The van der Waals surface area contributed by atoms with E-state index in [2.05, 4.69) is 34.7 Å². The number of methoxy groups -OCH3 is 1. The van der Waals surface area contributed by atoms with Gasteiger partial charge in [-0.2, -0.15) is 0 Å². The van der Waals surface area contributed by atoms with E-state index in [4.69, 9.17) is 16.3 Å². The van der Waals surface area contributed by atoms with Crippen LogP contribution in [0.2, 0.25) is 0 Å². The Bertz CT molecular complexity index is 808. The average Bonchev–Trinajstić information content (AvgIpc) is 2.84. The van der Waals surface area contributed by atoms with Crippen LogP contribution in [0, 0.1) is 13.8 Å². The Balaban J connectivity index is 2.27. The molecule has 0 N–H and O–H groups in total. The highest BCUT2D eigenvalue weighted by Crippen LogP contribution is 2.27. The van der Waals surface area contributed by atoms with E-state index in [0.29, 0.717) is 5.88 Å². The molecule has 1 aromatic heterocycles. The highest BCUT2D eigenvalue weighted by atomic mass is 35.5. The highest BCUT2D eigenvalue weighted by Gasteiger charge is 2.12. The fraction of sp³-hybridized carbons (Fsp3) is 0.235. The van der Waals surface area contributed by atoms with Crippen LogP contribution in [0.3, 0.4) is 0 Å². The molecule has 0 saturated heterocycles. The summed E-state index contributed by atoms with van der Waals surface area (Å²) in [7, 11) is 1.68. The number of alkyl halides is 1. The van der Waals surface area contributed by atoms with Gasteiger partial charge in [-0.1, -0.05) is 6.07 Å². The second kappa shape index (κ2) is 5.41. The van der Waals surface area contributed by atoms with Crippen LogP contribution in [0.15, 0.2) is 36.4 Å². The molecule has 0 bridgehead atoms. The summed E-state index contributed by atoms with van der Waals surface area (Å²) in [5, 5.41) is 0. The summed E-state index contributed by atoms with van der Waals surface area (Å²) in [5.41, 5.74) is 5.39. The van der Waals surface area contributed by atoms with Crippen LogP contribution < -0.4 is 4.74 Å². The molecule has 3 rings (SSSR count). The molecule has 21 heavy (non-hydrogen) atoms. The molecule has 0 amide bonds. The van der Waals surface area contributed by atoms with E-state index in [1.807, 2.05) is 25.1 Å². The summed E-state index contributed by atoms with van der Waals surface area (Å²) in [4.78, 5) is 4.62. The van der Waals surface area contributed by atoms with Gasteiger partial charge in [-0.3, -0.25) is 4.57 Å². The second-order valence-corrected chi connectivity index (χ2v) is 5.41. The molecule has 0 saturated carbocycles. The van der Waals surface area contributed by atoms with Crippen LogP contribution in [0.25, 0.3) is 16.7 Å². The fourth-order valence-corrected chi connectivity index (χ4v) is 2.79. The van der Waals surface area contributed by atoms with Crippen molar-refractivity contribution in [1.29, 1.82) is 0 Å². The number of benzene rings is 2. The minimum Gasteiger partial charge on any atom is -0.496 e. The van der Waals surface area contributed by atoms with E-state index < -0.39 is 0 Å². The number of ether oxygens (including phenoxy) is 1. The molecule has 0 atom stereocenters. The summed E-state index contributed by atoms with van der Waals surface area (Å²) >= 11 is 6.08. The normalized spacial score (nSPS) is 11.0. The van der Waals surface area contributed by atoms with Crippen LogP contribution in [0.4, 0.5) is 0 Å². The molecular formula is C17H17ClN2O. The minimum absolute atomic E-state index is 0.374. The lowest BCUT2D eigenvalue weighted by atomic mass is 10.2. The van der Waals surface area contributed by atoms with E-state index in [0.717, 1.165) is 33.9 Å². The molecular weight excluding hydrogens is 284 g/mol. The molecule has 0 aliphatic carbocycles. The number of rotatable bonds is 3. The maximum atomic E-state index is 6.08. The first-order valence-electron chi connectivity index (χ1n) is 6.83. The number of fused-ring (bicyclic) bond motifs is 1. The van der Waals surface area contributed by atoms with Gasteiger partial charge < -0.3 is 4.74 Å². The van der Waals surface area contributed by atoms with Crippen LogP contribution in [0.5, 0.6) is 5.75 Å². The van der Waals surface area contributed by atoms with Gasteiger partial charge in [0.1, 0.15) is 11.6 Å². The molecule has 108 valence electrons. The number of hydrogen-bond donors (Lipinski definition) is 0. The predicted molar refractivity (Wildman–Crippen MR) is 86.7 cm³/mol. The topological polar surface area (TPSA) is 27.1 Å². The molecule has 0 radical (unpaired) electrons.